The van der Waals surface area contributed by atoms with Gasteiger partial charge in [-0.15, -0.1) is 0 Å². The molecule has 2 atom stereocenters. The molecule has 0 aliphatic carbocycles. The van der Waals surface area contributed by atoms with Gasteiger partial charge in [0.2, 0.25) is 0 Å². The number of nitrogens with zero attached hydrogens (tertiary/aromatic N) is 1. The minimum absolute atomic E-state index is 0.0919. The summed E-state index contributed by atoms with van der Waals surface area (Å²) in [6.45, 7) is 9.82. The molecule has 4 nitrogen and oxygen atoms in total. The average Bonchev–Trinajstić information content (AvgIpc) is 2.55. The molecule has 0 saturated heterocycles. The van der Waals surface area contributed by atoms with Crippen molar-refractivity contribution in [2.24, 2.45) is 0 Å². The number of benzene rings is 1. The summed E-state index contributed by atoms with van der Waals surface area (Å²) in [5.41, 5.74) is 2.14. The van der Waals surface area contributed by atoms with E-state index >= 15 is 0 Å². The van der Waals surface area contributed by atoms with E-state index in [9.17, 15) is 4.79 Å². The molecule has 0 spiro atoms. The Hall–Kier alpha value is -1.39. The van der Waals surface area contributed by atoms with Crippen LogP contribution in [0.25, 0.3) is 0 Å². The van der Waals surface area contributed by atoms with Crippen LogP contribution in [0.5, 0.6) is 0 Å². The Kier molecular flexibility index (Phi) is 6.40. The zero-order valence-corrected chi connectivity index (χ0v) is 13.9. The number of fused-ring (bicyclic) bond motifs is 1. The van der Waals surface area contributed by atoms with Crippen LogP contribution in [0, 0.1) is 0 Å². The number of carbonyl (C=O) groups is 1. The number of hydrogen-bond acceptors (Lipinski definition) is 4. The fourth-order valence-electron chi connectivity index (χ4n) is 2.81. The standard InChI is InChI=1S/C18H27NO3/c1-4-19(5-2)12-10-14(3)22-18(20)17-16-9-7-6-8-15(16)11-13-21-17/h6-9,14,17H,4-5,10-13H2,1-3H3/t14-,17+/m1/s1. The molecule has 122 valence electrons. The molecule has 0 amide bonds. The lowest BCUT2D eigenvalue weighted by molar-refractivity contribution is -0.163. The summed E-state index contributed by atoms with van der Waals surface area (Å²) in [6.07, 6.45) is 1.05. The monoisotopic (exact) mass is 305 g/mol. The molecule has 1 aromatic rings. The summed E-state index contributed by atoms with van der Waals surface area (Å²) in [5, 5.41) is 0. The van der Waals surface area contributed by atoms with Crippen LogP contribution >= 0.6 is 0 Å². The maximum Gasteiger partial charge on any atom is 0.340 e. The Morgan fingerprint density at radius 2 is 2.09 bits per heavy atom. The molecule has 0 saturated carbocycles. The van der Waals surface area contributed by atoms with Crippen molar-refractivity contribution in [1.29, 1.82) is 0 Å². The summed E-state index contributed by atoms with van der Waals surface area (Å²) in [6, 6.07) is 7.96. The Balaban J connectivity index is 1.90. The van der Waals surface area contributed by atoms with Crippen LogP contribution in [0.1, 0.15) is 44.4 Å². The van der Waals surface area contributed by atoms with Gasteiger partial charge in [-0.3, -0.25) is 0 Å². The van der Waals surface area contributed by atoms with E-state index < -0.39 is 6.10 Å². The summed E-state index contributed by atoms with van der Waals surface area (Å²) >= 11 is 0. The first kappa shape index (κ1) is 17.0. The quantitative estimate of drug-likeness (QED) is 0.726. The zero-order valence-electron chi connectivity index (χ0n) is 13.9. The van der Waals surface area contributed by atoms with Crippen LogP contribution in [0.3, 0.4) is 0 Å². The Labute approximate surface area is 133 Å². The Morgan fingerprint density at radius 3 is 2.82 bits per heavy atom. The first-order valence-corrected chi connectivity index (χ1v) is 8.28. The first-order chi connectivity index (χ1) is 10.7. The van der Waals surface area contributed by atoms with Gasteiger partial charge in [0.05, 0.1) is 6.61 Å². The summed E-state index contributed by atoms with van der Waals surface area (Å²) in [7, 11) is 0. The van der Waals surface area contributed by atoms with Crippen molar-refractivity contribution < 1.29 is 14.3 Å². The molecule has 0 fully saturated rings. The van der Waals surface area contributed by atoms with Crippen molar-refractivity contribution in [3.63, 3.8) is 0 Å². The number of rotatable bonds is 7. The largest absolute Gasteiger partial charge is 0.460 e. The predicted molar refractivity (Wildman–Crippen MR) is 86.8 cm³/mol. The van der Waals surface area contributed by atoms with Gasteiger partial charge in [0.15, 0.2) is 6.10 Å². The number of ether oxygens (including phenoxy) is 2. The zero-order chi connectivity index (χ0) is 15.9. The van der Waals surface area contributed by atoms with Crippen LogP contribution in [0.4, 0.5) is 0 Å². The van der Waals surface area contributed by atoms with Gasteiger partial charge in [-0.1, -0.05) is 38.1 Å². The molecule has 22 heavy (non-hydrogen) atoms. The van der Waals surface area contributed by atoms with Crippen molar-refractivity contribution >= 4 is 5.97 Å². The maximum absolute atomic E-state index is 12.4. The van der Waals surface area contributed by atoms with E-state index in [2.05, 4.69) is 24.8 Å². The van der Waals surface area contributed by atoms with Crippen molar-refractivity contribution in [1.82, 2.24) is 4.90 Å². The minimum Gasteiger partial charge on any atom is -0.460 e. The maximum atomic E-state index is 12.4. The van der Waals surface area contributed by atoms with Crippen molar-refractivity contribution in [3.8, 4) is 0 Å². The summed E-state index contributed by atoms with van der Waals surface area (Å²) in [4.78, 5) is 14.7. The Bertz CT molecular complexity index is 485. The van der Waals surface area contributed by atoms with Crippen molar-refractivity contribution in [3.05, 3.63) is 35.4 Å². The summed E-state index contributed by atoms with van der Waals surface area (Å²) in [5.74, 6) is -0.265. The molecule has 1 heterocycles. The van der Waals surface area contributed by atoms with E-state index in [-0.39, 0.29) is 12.1 Å². The van der Waals surface area contributed by atoms with Crippen LogP contribution in [0.2, 0.25) is 0 Å². The normalized spacial score (nSPS) is 18.8. The first-order valence-electron chi connectivity index (χ1n) is 8.28. The fraction of sp³-hybridized carbons (Fsp3) is 0.611. The van der Waals surface area contributed by atoms with Crippen molar-refractivity contribution in [2.45, 2.75) is 45.8 Å². The SMILES string of the molecule is CCN(CC)CC[C@@H](C)OC(=O)[C@H]1OCCc2ccccc21. The topological polar surface area (TPSA) is 38.8 Å². The molecule has 0 aromatic heterocycles. The van der Waals surface area contributed by atoms with Crippen LogP contribution in [-0.4, -0.2) is 43.2 Å². The van der Waals surface area contributed by atoms with E-state index in [1.54, 1.807) is 0 Å². The molecule has 0 bridgehead atoms. The molecule has 1 aliphatic rings. The van der Waals surface area contributed by atoms with Crippen LogP contribution < -0.4 is 0 Å². The minimum atomic E-state index is -0.569. The van der Waals surface area contributed by atoms with Crippen LogP contribution in [0.15, 0.2) is 24.3 Å². The second-order valence-electron chi connectivity index (χ2n) is 5.76. The fourth-order valence-corrected chi connectivity index (χ4v) is 2.81. The molecule has 1 aromatic carbocycles. The van der Waals surface area contributed by atoms with E-state index in [0.29, 0.717) is 6.61 Å². The molecule has 0 radical (unpaired) electrons. The molecular weight excluding hydrogens is 278 g/mol. The second-order valence-corrected chi connectivity index (χ2v) is 5.76. The van der Waals surface area contributed by atoms with Gasteiger partial charge in [-0.05, 0) is 44.0 Å². The second kappa shape index (κ2) is 8.30. The number of esters is 1. The molecule has 0 N–H and O–H groups in total. The highest BCUT2D eigenvalue weighted by atomic mass is 16.6. The third-order valence-electron chi connectivity index (χ3n) is 4.27. The molecule has 4 heteroatoms. The van der Waals surface area contributed by atoms with Crippen molar-refractivity contribution in [2.75, 3.05) is 26.2 Å². The third kappa shape index (κ3) is 4.31. The summed E-state index contributed by atoms with van der Waals surface area (Å²) < 4.78 is 11.2. The predicted octanol–water partition coefficient (Wildman–Crippen LogP) is 2.96. The third-order valence-corrected chi connectivity index (χ3v) is 4.27. The average molecular weight is 305 g/mol. The lowest BCUT2D eigenvalue weighted by atomic mass is 9.98. The highest BCUT2D eigenvalue weighted by Gasteiger charge is 2.29. The molecule has 1 aliphatic heterocycles. The van der Waals surface area contributed by atoms with Crippen LogP contribution in [-0.2, 0) is 20.7 Å². The van der Waals surface area contributed by atoms with E-state index in [1.165, 1.54) is 5.56 Å². The highest BCUT2D eigenvalue weighted by Crippen LogP contribution is 2.28. The van der Waals surface area contributed by atoms with Gasteiger partial charge >= 0.3 is 5.97 Å². The lowest BCUT2D eigenvalue weighted by Gasteiger charge is -2.26. The van der Waals surface area contributed by atoms with Gasteiger partial charge in [-0.2, -0.15) is 0 Å². The van der Waals surface area contributed by atoms with Gasteiger partial charge in [0, 0.05) is 6.54 Å². The van der Waals surface area contributed by atoms with Gasteiger partial charge < -0.3 is 14.4 Å². The van der Waals surface area contributed by atoms with Gasteiger partial charge in [0.1, 0.15) is 6.10 Å². The van der Waals surface area contributed by atoms with E-state index in [1.807, 2.05) is 25.1 Å². The Morgan fingerprint density at radius 1 is 1.36 bits per heavy atom. The van der Waals surface area contributed by atoms with Gasteiger partial charge in [-0.25, -0.2) is 4.79 Å². The lowest BCUT2D eigenvalue weighted by Crippen LogP contribution is -2.30. The number of hydrogen-bond donors (Lipinski definition) is 0. The van der Waals surface area contributed by atoms with E-state index in [4.69, 9.17) is 9.47 Å². The molecule has 2 rings (SSSR count). The number of carbonyl (C=O) groups excluding carboxylic acids is 1. The highest BCUT2D eigenvalue weighted by molar-refractivity contribution is 5.77. The smallest absolute Gasteiger partial charge is 0.340 e. The van der Waals surface area contributed by atoms with Gasteiger partial charge in [0.25, 0.3) is 0 Å². The molecule has 0 unspecified atom stereocenters. The molecular formula is C18H27NO3. The van der Waals surface area contributed by atoms with E-state index in [0.717, 1.165) is 38.0 Å².